The minimum atomic E-state index is -4.43. The van der Waals surface area contributed by atoms with Crippen molar-refractivity contribution in [3.63, 3.8) is 0 Å². The highest BCUT2D eigenvalue weighted by Gasteiger charge is 2.30. The summed E-state index contributed by atoms with van der Waals surface area (Å²) in [5.41, 5.74) is 0.722. The Morgan fingerprint density at radius 2 is 2.21 bits per heavy atom. The van der Waals surface area contributed by atoms with Gasteiger partial charge in [0, 0.05) is 12.6 Å². The number of terminal acetylenes is 1. The van der Waals surface area contributed by atoms with E-state index in [0.717, 1.165) is 4.90 Å². The van der Waals surface area contributed by atoms with E-state index in [1.54, 1.807) is 18.3 Å². The number of anilines is 1. The second kappa shape index (κ2) is 7.36. The molecule has 2 aromatic rings. The molecule has 0 atom stereocenters. The second-order valence-electron chi connectivity index (χ2n) is 4.76. The van der Waals surface area contributed by atoms with E-state index in [4.69, 9.17) is 18.0 Å². The van der Waals surface area contributed by atoms with Crippen LogP contribution in [0.3, 0.4) is 0 Å². The SMILES string of the molecule is C#CCN(C(=O)CCC(F)(F)F)c1cn(-c2cccnc2)nc1Cl. The number of hydrogen-bond donors (Lipinski definition) is 0. The first-order valence-corrected chi connectivity index (χ1v) is 7.16. The fourth-order valence-corrected chi connectivity index (χ4v) is 2.16. The van der Waals surface area contributed by atoms with Gasteiger partial charge in [-0.05, 0) is 12.1 Å². The number of amides is 1. The molecule has 0 fully saturated rings. The van der Waals surface area contributed by atoms with E-state index in [0.29, 0.717) is 5.69 Å². The van der Waals surface area contributed by atoms with Gasteiger partial charge in [-0.15, -0.1) is 6.42 Å². The van der Waals surface area contributed by atoms with Crippen molar-refractivity contribution in [3.8, 4) is 18.0 Å². The first-order valence-electron chi connectivity index (χ1n) is 6.78. The third-order valence-corrected chi connectivity index (χ3v) is 3.29. The Bertz CT molecular complexity index is 752. The van der Waals surface area contributed by atoms with Gasteiger partial charge >= 0.3 is 6.18 Å². The summed E-state index contributed by atoms with van der Waals surface area (Å²) in [6.45, 7) is -0.213. The molecule has 0 radical (unpaired) electrons. The second-order valence-corrected chi connectivity index (χ2v) is 5.12. The van der Waals surface area contributed by atoms with Crippen molar-refractivity contribution in [2.75, 3.05) is 11.4 Å². The van der Waals surface area contributed by atoms with E-state index in [1.165, 1.54) is 17.1 Å². The molecular weight excluding hydrogens is 345 g/mol. The Hall–Kier alpha value is -2.53. The van der Waals surface area contributed by atoms with Crippen LogP contribution in [0.15, 0.2) is 30.7 Å². The lowest BCUT2D eigenvalue weighted by Crippen LogP contribution is -2.32. The Kier molecular flexibility index (Phi) is 5.46. The summed E-state index contributed by atoms with van der Waals surface area (Å²) in [5.74, 6) is 1.46. The Balaban J connectivity index is 2.27. The van der Waals surface area contributed by atoms with E-state index in [-0.39, 0.29) is 17.4 Å². The van der Waals surface area contributed by atoms with E-state index in [2.05, 4.69) is 16.0 Å². The quantitative estimate of drug-likeness (QED) is 0.773. The molecule has 0 aliphatic heterocycles. The lowest BCUT2D eigenvalue weighted by Gasteiger charge is -2.19. The predicted molar refractivity (Wildman–Crippen MR) is 82.8 cm³/mol. The van der Waals surface area contributed by atoms with Gasteiger partial charge in [0.1, 0.15) is 5.69 Å². The van der Waals surface area contributed by atoms with Gasteiger partial charge in [0.2, 0.25) is 5.91 Å². The molecule has 0 aliphatic rings. The van der Waals surface area contributed by atoms with Gasteiger partial charge in [-0.2, -0.15) is 18.3 Å². The highest BCUT2D eigenvalue weighted by molar-refractivity contribution is 6.32. The van der Waals surface area contributed by atoms with Gasteiger partial charge in [0.15, 0.2) is 5.15 Å². The molecule has 0 aromatic carbocycles. The lowest BCUT2D eigenvalue weighted by molar-refractivity contribution is -0.143. The number of pyridine rings is 1. The zero-order valence-electron chi connectivity index (χ0n) is 12.3. The van der Waals surface area contributed by atoms with E-state index < -0.39 is 24.9 Å². The molecule has 24 heavy (non-hydrogen) atoms. The summed E-state index contributed by atoms with van der Waals surface area (Å²) in [6.07, 6.45) is 3.33. The molecule has 0 saturated carbocycles. The van der Waals surface area contributed by atoms with Crippen LogP contribution >= 0.6 is 11.6 Å². The molecule has 2 rings (SSSR count). The van der Waals surface area contributed by atoms with Crippen molar-refractivity contribution < 1.29 is 18.0 Å². The van der Waals surface area contributed by atoms with Gasteiger partial charge < -0.3 is 0 Å². The minimum Gasteiger partial charge on any atom is -0.296 e. The van der Waals surface area contributed by atoms with Gasteiger partial charge in [-0.1, -0.05) is 17.5 Å². The number of alkyl halides is 3. The van der Waals surface area contributed by atoms with Gasteiger partial charge in [0.05, 0.1) is 31.0 Å². The molecule has 2 aromatic heterocycles. The fraction of sp³-hybridized carbons (Fsp3) is 0.267. The molecule has 0 saturated heterocycles. The standard InChI is InChI=1S/C15H12ClF3N4O/c1-2-8-22(13(24)5-6-15(17,18)19)12-10-23(21-14(12)16)11-4-3-7-20-9-11/h1,3-4,7,9-10H,5-6,8H2. The molecule has 1 amide bonds. The summed E-state index contributed by atoms with van der Waals surface area (Å²) >= 11 is 6.02. The molecule has 0 unspecified atom stereocenters. The molecule has 0 spiro atoms. The van der Waals surface area contributed by atoms with Crippen molar-refractivity contribution in [1.29, 1.82) is 0 Å². The Labute approximate surface area is 141 Å². The van der Waals surface area contributed by atoms with Crippen molar-refractivity contribution in [3.05, 3.63) is 35.9 Å². The van der Waals surface area contributed by atoms with Crippen molar-refractivity contribution in [1.82, 2.24) is 14.8 Å². The molecule has 0 N–H and O–H groups in total. The maximum atomic E-state index is 12.3. The van der Waals surface area contributed by atoms with E-state index >= 15 is 0 Å². The number of nitrogens with zero attached hydrogens (tertiary/aromatic N) is 4. The van der Waals surface area contributed by atoms with Gasteiger partial charge in [0.25, 0.3) is 0 Å². The Morgan fingerprint density at radius 1 is 1.46 bits per heavy atom. The van der Waals surface area contributed by atoms with Crippen LogP contribution in [0, 0.1) is 12.3 Å². The van der Waals surface area contributed by atoms with Crippen LogP contribution in [-0.2, 0) is 4.79 Å². The molecule has 0 bridgehead atoms. The van der Waals surface area contributed by atoms with E-state index in [9.17, 15) is 18.0 Å². The molecule has 5 nitrogen and oxygen atoms in total. The minimum absolute atomic E-state index is 0.0468. The number of hydrogen-bond acceptors (Lipinski definition) is 3. The zero-order chi connectivity index (χ0) is 17.7. The molecular formula is C15H12ClF3N4O. The van der Waals surface area contributed by atoms with Crippen LogP contribution in [0.2, 0.25) is 5.15 Å². The monoisotopic (exact) mass is 356 g/mol. The van der Waals surface area contributed by atoms with Crippen molar-refractivity contribution in [2.24, 2.45) is 0 Å². The van der Waals surface area contributed by atoms with Crippen LogP contribution in [0.25, 0.3) is 5.69 Å². The number of rotatable bonds is 5. The summed E-state index contributed by atoms with van der Waals surface area (Å²) in [7, 11) is 0. The lowest BCUT2D eigenvalue weighted by atomic mass is 10.2. The number of halogens is 4. The fourth-order valence-electron chi connectivity index (χ4n) is 1.93. The molecule has 2 heterocycles. The highest BCUT2D eigenvalue weighted by atomic mass is 35.5. The first-order chi connectivity index (χ1) is 11.3. The average molecular weight is 357 g/mol. The van der Waals surface area contributed by atoms with Crippen molar-refractivity contribution in [2.45, 2.75) is 19.0 Å². The third-order valence-electron chi connectivity index (χ3n) is 3.03. The maximum absolute atomic E-state index is 12.3. The number of carbonyl (C=O) groups excluding carboxylic acids is 1. The Morgan fingerprint density at radius 3 is 2.79 bits per heavy atom. The van der Waals surface area contributed by atoms with Gasteiger partial charge in [-0.25, -0.2) is 4.68 Å². The van der Waals surface area contributed by atoms with Gasteiger partial charge in [-0.3, -0.25) is 14.7 Å². The van der Waals surface area contributed by atoms with Crippen LogP contribution in [0.4, 0.5) is 18.9 Å². The third kappa shape index (κ3) is 4.49. The summed E-state index contributed by atoms with van der Waals surface area (Å²) < 4.78 is 38.3. The smallest absolute Gasteiger partial charge is 0.296 e. The van der Waals surface area contributed by atoms with E-state index in [1.807, 2.05) is 0 Å². The zero-order valence-corrected chi connectivity index (χ0v) is 13.1. The predicted octanol–water partition coefficient (Wildman–Crippen LogP) is 3.23. The van der Waals surface area contributed by atoms with Crippen molar-refractivity contribution >= 4 is 23.2 Å². The molecule has 126 valence electrons. The summed E-state index contributed by atoms with van der Waals surface area (Å²) in [4.78, 5) is 17.0. The highest BCUT2D eigenvalue weighted by Crippen LogP contribution is 2.28. The normalized spacial score (nSPS) is 11.1. The van der Waals surface area contributed by atoms with Crippen LogP contribution in [0.5, 0.6) is 0 Å². The largest absolute Gasteiger partial charge is 0.389 e. The number of carbonyl (C=O) groups is 1. The van der Waals surface area contributed by atoms with Crippen LogP contribution < -0.4 is 4.90 Å². The average Bonchev–Trinajstić information content (AvgIpc) is 2.92. The maximum Gasteiger partial charge on any atom is 0.389 e. The first kappa shape index (κ1) is 17.8. The topological polar surface area (TPSA) is 51.0 Å². The van der Waals surface area contributed by atoms with Crippen LogP contribution in [0.1, 0.15) is 12.8 Å². The van der Waals surface area contributed by atoms with Crippen LogP contribution in [-0.4, -0.2) is 33.4 Å². The molecule has 9 heteroatoms. The number of aromatic nitrogens is 3. The summed E-state index contributed by atoms with van der Waals surface area (Å²) in [6, 6.07) is 3.38. The summed E-state index contributed by atoms with van der Waals surface area (Å²) in [5, 5.41) is 3.99. The molecule has 0 aliphatic carbocycles.